The van der Waals surface area contributed by atoms with Crippen molar-refractivity contribution in [1.29, 1.82) is 0 Å². The second-order valence-corrected chi connectivity index (χ2v) is 10.3. The van der Waals surface area contributed by atoms with Gasteiger partial charge in [-0.05, 0) is 72.1 Å². The molecule has 1 atom stereocenters. The minimum absolute atomic E-state index is 0.0767. The molecule has 0 bridgehead atoms. The molecule has 0 aromatic carbocycles. The van der Waals surface area contributed by atoms with E-state index in [0.29, 0.717) is 12.8 Å². The van der Waals surface area contributed by atoms with Crippen LogP contribution in [0.3, 0.4) is 0 Å². The summed E-state index contributed by atoms with van der Waals surface area (Å²) in [7, 11) is 0. The largest absolute Gasteiger partial charge is 0.481 e. The van der Waals surface area contributed by atoms with Crippen LogP contribution >= 0.6 is 0 Å². The van der Waals surface area contributed by atoms with Crippen molar-refractivity contribution in [3.8, 4) is 0 Å². The number of allylic oxidation sites excluding steroid dienone is 1. The highest BCUT2D eigenvalue weighted by Crippen LogP contribution is 2.22. The summed E-state index contributed by atoms with van der Waals surface area (Å²) in [5.74, 6) is -0.820. The first-order valence-electron chi connectivity index (χ1n) is 12.8. The van der Waals surface area contributed by atoms with Crippen LogP contribution in [0.25, 0.3) is 0 Å². The zero-order valence-corrected chi connectivity index (χ0v) is 20.8. The van der Waals surface area contributed by atoms with Gasteiger partial charge >= 0.3 is 12.1 Å². The molecule has 2 rings (SSSR count). The molecule has 32 heavy (non-hydrogen) atoms. The zero-order valence-electron chi connectivity index (χ0n) is 20.8. The van der Waals surface area contributed by atoms with Crippen molar-refractivity contribution >= 4 is 12.1 Å². The Kier molecular flexibility index (Phi) is 14.3. The molecule has 6 heteroatoms. The number of rotatable bonds is 10. The van der Waals surface area contributed by atoms with Gasteiger partial charge in [-0.3, -0.25) is 4.79 Å². The first-order valence-corrected chi connectivity index (χ1v) is 12.8. The SMILES string of the molecule is C1CCC(NC2CCCCC2)CC1.C=CCCC(CCCC(=O)O)NC(=O)OC(C)(C)C. The number of carboxylic acid groups (broad SMARTS) is 1. The van der Waals surface area contributed by atoms with E-state index < -0.39 is 17.7 Å². The molecular weight excluding hydrogens is 404 g/mol. The first kappa shape index (κ1) is 28.5. The molecule has 2 saturated carbocycles. The van der Waals surface area contributed by atoms with Crippen molar-refractivity contribution in [2.45, 2.75) is 141 Å². The normalized spacial score (nSPS) is 18.7. The molecule has 3 N–H and O–H groups in total. The Labute approximate surface area is 195 Å². The number of alkyl carbamates (subject to hydrolysis) is 1. The lowest BCUT2D eigenvalue weighted by Crippen LogP contribution is -2.40. The van der Waals surface area contributed by atoms with Crippen molar-refractivity contribution in [3.63, 3.8) is 0 Å². The van der Waals surface area contributed by atoms with E-state index >= 15 is 0 Å². The number of carboxylic acids is 1. The van der Waals surface area contributed by atoms with Gasteiger partial charge in [-0.2, -0.15) is 0 Å². The number of carbonyl (C=O) groups is 2. The fraction of sp³-hybridized carbons (Fsp3) is 0.846. The Balaban J connectivity index is 0.000000339. The molecule has 1 unspecified atom stereocenters. The fourth-order valence-electron chi connectivity index (χ4n) is 4.45. The lowest BCUT2D eigenvalue weighted by molar-refractivity contribution is -0.137. The van der Waals surface area contributed by atoms with E-state index in [1.165, 1.54) is 64.2 Å². The molecule has 0 saturated heterocycles. The molecule has 6 nitrogen and oxygen atoms in total. The summed E-state index contributed by atoms with van der Waals surface area (Å²) in [6.45, 7) is 9.05. The van der Waals surface area contributed by atoms with E-state index in [0.717, 1.165) is 24.9 Å². The van der Waals surface area contributed by atoms with Crippen LogP contribution in [0.1, 0.15) is 117 Å². The second-order valence-electron chi connectivity index (χ2n) is 10.3. The lowest BCUT2D eigenvalue weighted by atomic mass is 9.91. The predicted molar refractivity (Wildman–Crippen MR) is 131 cm³/mol. The molecule has 0 aromatic heterocycles. The third-order valence-corrected chi connectivity index (χ3v) is 6.07. The Bertz CT molecular complexity index is 516. The zero-order chi connectivity index (χ0) is 23.8. The smallest absolute Gasteiger partial charge is 0.407 e. The summed E-state index contributed by atoms with van der Waals surface area (Å²) < 4.78 is 5.18. The standard InChI is InChI=1S/C14H25NO4.C12H23N/c1-5-6-8-11(9-7-10-12(16)17)15-13(18)19-14(2,3)4;1-3-7-11(8-4-1)13-12-9-5-2-6-10-12/h5,11H,1,6-10H2,2-4H3,(H,15,18)(H,16,17);11-13H,1-10H2. The number of hydrogen-bond acceptors (Lipinski definition) is 4. The Hall–Kier alpha value is -1.56. The summed E-state index contributed by atoms with van der Waals surface area (Å²) in [5.41, 5.74) is -0.534. The third kappa shape index (κ3) is 15.3. The molecule has 0 radical (unpaired) electrons. The first-order chi connectivity index (χ1) is 15.2. The van der Waals surface area contributed by atoms with E-state index in [-0.39, 0.29) is 12.5 Å². The highest BCUT2D eigenvalue weighted by atomic mass is 16.6. The van der Waals surface area contributed by atoms with Gasteiger partial charge in [0.05, 0.1) is 0 Å². The average Bonchev–Trinajstić information content (AvgIpc) is 2.72. The van der Waals surface area contributed by atoms with Gasteiger partial charge in [-0.25, -0.2) is 4.79 Å². The maximum absolute atomic E-state index is 11.7. The Morgan fingerprint density at radius 3 is 1.97 bits per heavy atom. The van der Waals surface area contributed by atoms with Crippen molar-refractivity contribution in [1.82, 2.24) is 10.6 Å². The van der Waals surface area contributed by atoms with Crippen LogP contribution in [0, 0.1) is 0 Å². The van der Waals surface area contributed by atoms with Crippen molar-refractivity contribution in [2.24, 2.45) is 0 Å². The molecule has 186 valence electrons. The fourth-order valence-corrected chi connectivity index (χ4v) is 4.45. The van der Waals surface area contributed by atoms with Gasteiger partial charge in [0.2, 0.25) is 0 Å². The summed E-state index contributed by atoms with van der Waals surface area (Å²) in [5, 5.41) is 15.2. The highest BCUT2D eigenvalue weighted by molar-refractivity contribution is 5.68. The van der Waals surface area contributed by atoms with Gasteiger partial charge in [0.15, 0.2) is 0 Å². The van der Waals surface area contributed by atoms with Crippen LogP contribution in [-0.2, 0) is 9.53 Å². The summed E-state index contributed by atoms with van der Waals surface area (Å²) in [6, 6.07) is 1.67. The number of hydrogen-bond donors (Lipinski definition) is 3. The number of amides is 1. The molecule has 0 aliphatic heterocycles. The summed E-state index contributed by atoms with van der Waals surface area (Å²) in [6.07, 6.45) is 18.7. The van der Waals surface area contributed by atoms with Gasteiger partial charge in [0.25, 0.3) is 0 Å². The van der Waals surface area contributed by atoms with Crippen molar-refractivity contribution < 1.29 is 19.4 Å². The molecule has 0 spiro atoms. The van der Waals surface area contributed by atoms with E-state index in [9.17, 15) is 9.59 Å². The van der Waals surface area contributed by atoms with Gasteiger partial charge in [0.1, 0.15) is 5.60 Å². The molecule has 2 aliphatic carbocycles. The van der Waals surface area contributed by atoms with E-state index in [4.69, 9.17) is 9.84 Å². The highest BCUT2D eigenvalue weighted by Gasteiger charge is 2.20. The molecule has 1 amide bonds. The maximum atomic E-state index is 11.7. The topological polar surface area (TPSA) is 87.7 Å². The minimum Gasteiger partial charge on any atom is -0.481 e. The molecule has 0 aromatic rings. The lowest BCUT2D eigenvalue weighted by Gasteiger charge is -2.30. The van der Waals surface area contributed by atoms with Crippen LogP contribution in [0.4, 0.5) is 4.79 Å². The van der Waals surface area contributed by atoms with Crippen molar-refractivity contribution in [2.75, 3.05) is 0 Å². The van der Waals surface area contributed by atoms with E-state index in [1.807, 2.05) is 0 Å². The van der Waals surface area contributed by atoms with Crippen LogP contribution in [0.5, 0.6) is 0 Å². The maximum Gasteiger partial charge on any atom is 0.407 e. The third-order valence-electron chi connectivity index (χ3n) is 6.07. The van der Waals surface area contributed by atoms with E-state index in [1.54, 1.807) is 26.8 Å². The number of nitrogens with one attached hydrogen (secondary N) is 2. The average molecular weight is 453 g/mol. The number of aliphatic carboxylic acids is 1. The van der Waals surface area contributed by atoms with Crippen LogP contribution in [-0.4, -0.2) is 40.9 Å². The second kappa shape index (κ2) is 16.1. The predicted octanol–water partition coefficient (Wildman–Crippen LogP) is 6.34. The summed E-state index contributed by atoms with van der Waals surface area (Å²) >= 11 is 0. The minimum atomic E-state index is -0.820. The monoisotopic (exact) mass is 452 g/mol. The number of ether oxygens (including phenoxy) is 1. The van der Waals surface area contributed by atoms with Gasteiger partial charge in [-0.15, -0.1) is 6.58 Å². The van der Waals surface area contributed by atoms with Gasteiger partial charge in [-0.1, -0.05) is 44.6 Å². The molecule has 2 fully saturated rings. The van der Waals surface area contributed by atoms with Crippen LogP contribution < -0.4 is 10.6 Å². The van der Waals surface area contributed by atoms with Crippen LogP contribution in [0.15, 0.2) is 12.7 Å². The van der Waals surface area contributed by atoms with Gasteiger partial charge < -0.3 is 20.5 Å². The van der Waals surface area contributed by atoms with Gasteiger partial charge in [0, 0.05) is 24.5 Å². The Morgan fingerprint density at radius 2 is 1.53 bits per heavy atom. The quantitative estimate of drug-likeness (QED) is 0.337. The van der Waals surface area contributed by atoms with Crippen LogP contribution in [0.2, 0.25) is 0 Å². The summed E-state index contributed by atoms with van der Waals surface area (Å²) in [4.78, 5) is 22.1. The van der Waals surface area contributed by atoms with E-state index in [2.05, 4.69) is 17.2 Å². The molecular formula is C26H48N2O4. The molecule has 2 aliphatic rings. The van der Waals surface area contributed by atoms with Crippen molar-refractivity contribution in [3.05, 3.63) is 12.7 Å². The Morgan fingerprint density at radius 1 is 1.00 bits per heavy atom. The molecule has 0 heterocycles. The number of carbonyl (C=O) groups excluding carboxylic acids is 1.